The van der Waals surface area contributed by atoms with Crippen LogP contribution >= 0.6 is 0 Å². The quantitative estimate of drug-likeness (QED) is 0.728. The van der Waals surface area contributed by atoms with Crippen LogP contribution in [0.3, 0.4) is 0 Å². The Balaban J connectivity index is 1.93. The van der Waals surface area contributed by atoms with Crippen molar-refractivity contribution < 1.29 is 9.47 Å². The lowest BCUT2D eigenvalue weighted by Crippen LogP contribution is -2.33. The predicted octanol–water partition coefficient (Wildman–Crippen LogP) is 1.43. The Labute approximate surface area is 85.3 Å². The standard InChI is InChI=1S/C11H19NO2/c1-8-5-10(7-14-8)11(12)9-3-2-4-13-6-9/h6,8,10-11H,2-5,7,12H2,1H3. The van der Waals surface area contributed by atoms with Gasteiger partial charge in [0, 0.05) is 12.0 Å². The number of hydrogen-bond donors (Lipinski definition) is 1. The van der Waals surface area contributed by atoms with E-state index in [0.29, 0.717) is 12.0 Å². The van der Waals surface area contributed by atoms with Crippen molar-refractivity contribution in [3.63, 3.8) is 0 Å². The zero-order chi connectivity index (χ0) is 9.97. The summed E-state index contributed by atoms with van der Waals surface area (Å²) in [4.78, 5) is 0. The second kappa shape index (κ2) is 4.32. The van der Waals surface area contributed by atoms with Crippen LogP contribution in [-0.4, -0.2) is 25.4 Å². The van der Waals surface area contributed by atoms with Crippen molar-refractivity contribution in [1.29, 1.82) is 0 Å². The third-order valence-electron chi connectivity index (χ3n) is 3.13. The lowest BCUT2D eigenvalue weighted by Gasteiger charge is -2.23. The van der Waals surface area contributed by atoms with E-state index in [-0.39, 0.29) is 6.04 Å². The average Bonchev–Trinajstić information content (AvgIpc) is 2.65. The van der Waals surface area contributed by atoms with Gasteiger partial charge in [0.05, 0.1) is 25.6 Å². The molecule has 80 valence electrons. The fourth-order valence-corrected chi connectivity index (χ4v) is 2.23. The molecule has 1 fully saturated rings. The maximum atomic E-state index is 6.19. The zero-order valence-corrected chi connectivity index (χ0v) is 8.74. The highest BCUT2D eigenvalue weighted by molar-refractivity contribution is 5.11. The highest BCUT2D eigenvalue weighted by Gasteiger charge is 2.29. The molecule has 14 heavy (non-hydrogen) atoms. The van der Waals surface area contributed by atoms with Crippen molar-refractivity contribution in [2.45, 2.75) is 38.3 Å². The fraction of sp³-hybridized carbons (Fsp3) is 0.818. The van der Waals surface area contributed by atoms with Crippen molar-refractivity contribution in [2.75, 3.05) is 13.2 Å². The summed E-state index contributed by atoms with van der Waals surface area (Å²) < 4.78 is 10.8. The van der Waals surface area contributed by atoms with Crippen LogP contribution in [0.15, 0.2) is 11.8 Å². The fourth-order valence-electron chi connectivity index (χ4n) is 2.23. The van der Waals surface area contributed by atoms with Gasteiger partial charge in [0.1, 0.15) is 0 Å². The summed E-state index contributed by atoms with van der Waals surface area (Å²) in [5.74, 6) is 0.484. The van der Waals surface area contributed by atoms with Gasteiger partial charge in [-0.05, 0) is 31.8 Å². The molecule has 2 aliphatic rings. The highest BCUT2D eigenvalue weighted by Crippen LogP contribution is 2.27. The molecule has 2 heterocycles. The van der Waals surface area contributed by atoms with Gasteiger partial charge in [-0.25, -0.2) is 0 Å². The van der Waals surface area contributed by atoms with Gasteiger partial charge < -0.3 is 15.2 Å². The highest BCUT2D eigenvalue weighted by atomic mass is 16.5. The van der Waals surface area contributed by atoms with Gasteiger partial charge in [0.15, 0.2) is 0 Å². The van der Waals surface area contributed by atoms with Crippen LogP contribution in [0.4, 0.5) is 0 Å². The van der Waals surface area contributed by atoms with E-state index in [9.17, 15) is 0 Å². The normalized spacial score (nSPS) is 34.9. The molecule has 0 aromatic carbocycles. The van der Waals surface area contributed by atoms with Gasteiger partial charge in [-0.15, -0.1) is 0 Å². The van der Waals surface area contributed by atoms with E-state index in [1.165, 1.54) is 5.57 Å². The van der Waals surface area contributed by atoms with Gasteiger partial charge in [0.2, 0.25) is 0 Å². The van der Waals surface area contributed by atoms with Gasteiger partial charge in [-0.3, -0.25) is 0 Å². The molecule has 0 bridgehead atoms. The monoisotopic (exact) mass is 197 g/mol. The minimum Gasteiger partial charge on any atom is -0.501 e. The maximum absolute atomic E-state index is 6.19. The van der Waals surface area contributed by atoms with Crippen LogP contribution in [-0.2, 0) is 9.47 Å². The Morgan fingerprint density at radius 1 is 1.57 bits per heavy atom. The lowest BCUT2D eigenvalue weighted by molar-refractivity contribution is 0.118. The van der Waals surface area contributed by atoms with Gasteiger partial charge in [-0.2, -0.15) is 0 Å². The van der Waals surface area contributed by atoms with Crippen LogP contribution < -0.4 is 5.73 Å². The largest absolute Gasteiger partial charge is 0.501 e. The van der Waals surface area contributed by atoms with Crippen LogP contribution in [0.25, 0.3) is 0 Å². The Hall–Kier alpha value is -0.540. The first-order chi connectivity index (χ1) is 6.77. The maximum Gasteiger partial charge on any atom is 0.0876 e. The number of rotatable bonds is 2. The molecule has 1 saturated heterocycles. The van der Waals surface area contributed by atoms with Crippen molar-refractivity contribution in [3.05, 3.63) is 11.8 Å². The molecule has 2 aliphatic heterocycles. The van der Waals surface area contributed by atoms with E-state index in [0.717, 1.165) is 32.5 Å². The van der Waals surface area contributed by atoms with E-state index in [1.54, 1.807) is 0 Å². The van der Waals surface area contributed by atoms with E-state index in [4.69, 9.17) is 15.2 Å². The summed E-state index contributed by atoms with van der Waals surface area (Å²) in [6.45, 7) is 3.76. The third-order valence-corrected chi connectivity index (χ3v) is 3.13. The first kappa shape index (κ1) is 9.99. The topological polar surface area (TPSA) is 44.5 Å². The Morgan fingerprint density at radius 2 is 2.43 bits per heavy atom. The molecule has 2 N–H and O–H groups in total. The van der Waals surface area contributed by atoms with Gasteiger partial charge in [-0.1, -0.05) is 0 Å². The molecule has 0 spiro atoms. The second-order valence-electron chi connectivity index (χ2n) is 4.33. The SMILES string of the molecule is CC1CC(C(N)C2=COCCC2)CO1. The average molecular weight is 197 g/mol. The summed E-state index contributed by atoms with van der Waals surface area (Å²) in [6, 6.07) is 0.139. The summed E-state index contributed by atoms with van der Waals surface area (Å²) in [7, 11) is 0. The molecule has 0 aliphatic carbocycles. The molecular formula is C11H19NO2. The van der Waals surface area contributed by atoms with Crippen molar-refractivity contribution in [3.8, 4) is 0 Å². The van der Waals surface area contributed by atoms with Crippen LogP contribution in [0.5, 0.6) is 0 Å². The van der Waals surface area contributed by atoms with E-state index in [1.807, 2.05) is 6.26 Å². The van der Waals surface area contributed by atoms with Crippen molar-refractivity contribution in [2.24, 2.45) is 11.7 Å². The number of hydrogen-bond acceptors (Lipinski definition) is 3. The summed E-state index contributed by atoms with van der Waals surface area (Å²) in [5.41, 5.74) is 7.45. The Bertz CT molecular complexity index is 227. The molecule has 0 aromatic rings. The third kappa shape index (κ3) is 2.10. The van der Waals surface area contributed by atoms with Crippen molar-refractivity contribution >= 4 is 0 Å². The van der Waals surface area contributed by atoms with E-state index in [2.05, 4.69) is 6.92 Å². The molecule has 3 atom stereocenters. The molecule has 3 nitrogen and oxygen atoms in total. The van der Waals surface area contributed by atoms with Crippen LogP contribution in [0, 0.1) is 5.92 Å². The second-order valence-corrected chi connectivity index (χ2v) is 4.33. The molecule has 0 amide bonds. The van der Waals surface area contributed by atoms with Gasteiger partial charge >= 0.3 is 0 Å². The minimum absolute atomic E-state index is 0.139. The predicted molar refractivity (Wildman–Crippen MR) is 54.8 cm³/mol. The molecular weight excluding hydrogens is 178 g/mol. The van der Waals surface area contributed by atoms with E-state index >= 15 is 0 Å². The number of ether oxygens (including phenoxy) is 2. The summed E-state index contributed by atoms with van der Waals surface area (Å²) in [5, 5.41) is 0. The molecule has 3 unspecified atom stereocenters. The summed E-state index contributed by atoms with van der Waals surface area (Å²) in [6.07, 6.45) is 5.50. The zero-order valence-electron chi connectivity index (χ0n) is 8.74. The molecule has 0 saturated carbocycles. The summed E-state index contributed by atoms with van der Waals surface area (Å²) >= 11 is 0. The molecule has 0 radical (unpaired) electrons. The molecule has 0 aromatic heterocycles. The Morgan fingerprint density at radius 3 is 3.00 bits per heavy atom. The Kier molecular flexibility index (Phi) is 3.08. The smallest absolute Gasteiger partial charge is 0.0876 e. The molecule has 3 heteroatoms. The van der Waals surface area contributed by atoms with E-state index < -0.39 is 0 Å². The van der Waals surface area contributed by atoms with Crippen LogP contribution in [0.1, 0.15) is 26.2 Å². The first-order valence-electron chi connectivity index (χ1n) is 5.45. The molecule has 2 rings (SSSR count). The number of nitrogens with two attached hydrogens (primary N) is 1. The van der Waals surface area contributed by atoms with Crippen LogP contribution in [0.2, 0.25) is 0 Å². The van der Waals surface area contributed by atoms with Crippen molar-refractivity contribution in [1.82, 2.24) is 0 Å². The lowest BCUT2D eigenvalue weighted by atomic mass is 9.89. The minimum atomic E-state index is 0.139. The first-order valence-corrected chi connectivity index (χ1v) is 5.45. The van der Waals surface area contributed by atoms with Gasteiger partial charge in [0.25, 0.3) is 0 Å².